The molecule has 1 nitrogen and oxygen atoms in total. The van der Waals surface area contributed by atoms with Crippen molar-refractivity contribution in [1.82, 2.24) is 0 Å². The number of nitrogens with one attached hydrogen (secondary N) is 1. The summed E-state index contributed by atoms with van der Waals surface area (Å²) in [5.74, 6) is 0. The molecule has 1 N–H and O–H groups in total. The molecule has 0 atom stereocenters. The van der Waals surface area contributed by atoms with Crippen LogP contribution in [0, 0.1) is 6.07 Å². The van der Waals surface area contributed by atoms with Gasteiger partial charge in [0.05, 0.1) is 0 Å². The lowest BCUT2D eigenvalue weighted by atomic mass is 10.3. The van der Waals surface area contributed by atoms with Crippen molar-refractivity contribution in [3.63, 3.8) is 0 Å². The second-order valence-corrected chi connectivity index (χ2v) is 2.87. The summed E-state index contributed by atoms with van der Waals surface area (Å²) in [6.45, 7) is 3.00. The summed E-state index contributed by atoms with van der Waals surface area (Å²) in [6, 6.07) is 8.92. The minimum absolute atomic E-state index is 0.937. The first-order valence-corrected chi connectivity index (χ1v) is 4.03. The molecule has 0 saturated carbocycles. The molecule has 10 heavy (non-hydrogen) atoms. The van der Waals surface area contributed by atoms with E-state index < -0.39 is 0 Å². The molecule has 0 amide bonds. The molecule has 1 radical (unpaired) electrons. The predicted octanol–water partition coefficient (Wildman–Crippen LogP) is 2.68. The van der Waals surface area contributed by atoms with Gasteiger partial charge in [-0.25, -0.2) is 0 Å². The van der Waals surface area contributed by atoms with Gasteiger partial charge < -0.3 is 5.32 Å². The maximum absolute atomic E-state index is 3.37. The lowest BCUT2D eigenvalue weighted by Crippen LogP contribution is -1.95. The van der Waals surface area contributed by atoms with Gasteiger partial charge in [-0.05, 0) is 19.1 Å². The lowest BCUT2D eigenvalue weighted by Gasteiger charge is -2.00. The quantitative estimate of drug-likeness (QED) is 0.771. The summed E-state index contributed by atoms with van der Waals surface area (Å²) < 4.78 is 1.09. The summed E-state index contributed by atoms with van der Waals surface area (Å²) in [4.78, 5) is 0. The molecule has 0 saturated heterocycles. The van der Waals surface area contributed by atoms with Crippen LogP contribution in [0.2, 0.25) is 0 Å². The van der Waals surface area contributed by atoms with E-state index in [0.717, 1.165) is 16.7 Å². The number of hydrogen-bond acceptors (Lipinski definition) is 1. The van der Waals surface area contributed by atoms with Crippen LogP contribution in [0.25, 0.3) is 0 Å². The zero-order valence-corrected chi connectivity index (χ0v) is 7.40. The highest BCUT2D eigenvalue weighted by Gasteiger charge is 1.89. The fourth-order valence-electron chi connectivity index (χ4n) is 0.731. The fraction of sp³-hybridized carbons (Fsp3) is 0.250. The van der Waals surface area contributed by atoms with Gasteiger partial charge in [-0.15, -0.1) is 0 Å². The molecule has 0 aromatic heterocycles. The average molecular weight is 199 g/mol. The molecule has 1 rings (SSSR count). The molecule has 0 unspecified atom stereocenters. The normalized spacial score (nSPS) is 9.40. The fourth-order valence-corrected chi connectivity index (χ4v) is 1.09. The Morgan fingerprint density at radius 1 is 1.70 bits per heavy atom. The van der Waals surface area contributed by atoms with Gasteiger partial charge in [0.15, 0.2) is 0 Å². The van der Waals surface area contributed by atoms with Crippen molar-refractivity contribution >= 4 is 21.6 Å². The van der Waals surface area contributed by atoms with Crippen LogP contribution in [0.4, 0.5) is 5.69 Å². The molecular weight excluding hydrogens is 190 g/mol. The summed E-state index contributed by atoms with van der Waals surface area (Å²) >= 11 is 3.37. The van der Waals surface area contributed by atoms with Gasteiger partial charge in [0.2, 0.25) is 0 Å². The molecule has 0 spiro atoms. The van der Waals surface area contributed by atoms with E-state index in [9.17, 15) is 0 Å². The Bertz CT molecular complexity index is 210. The van der Waals surface area contributed by atoms with Gasteiger partial charge in [-0.1, -0.05) is 22.0 Å². The van der Waals surface area contributed by atoms with Crippen molar-refractivity contribution in [2.24, 2.45) is 0 Å². The average Bonchev–Trinajstić information content (AvgIpc) is 1.88. The van der Waals surface area contributed by atoms with Crippen LogP contribution >= 0.6 is 15.9 Å². The van der Waals surface area contributed by atoms with Crippen molar-refractivity contribution in [2.45, 2.75) is 6.92 Å². The minimum atomic E-state index is 0.937. The first-order valence-electron chi connectivity index (χ1n) is 3.24. The second kappa shape index (κ2) is 3.62. The maximum Gasteiger partial charge on any atom is 0.0431 e. The monoisotopic (exact) mass is 198 g/mol. The van der Waals surface area contributed by atoms with Crippen molar-refractivity contribution in [1.29, 1.82) is 0 Å². The summed E-state index contributed by atoms with van der Waals surface area (Å²) in [5.41, 5.74) is 1.04. The Morgan fingerprint density at radius 2 is 2.50 bits per heavy atom. The molecule has 53 valence electrons. The minimum Gasteiger partial charge on any atom is -0.385 e. The highest BCUT2D eigenvalue weighted by molar-refractivity contribution is 9.10. The molecule has 0 heterocycles. The summed E-state index contributed by atoms with van der Waals surface area (Å²) in [7, 11) is 0. The molecule has 0 fully saturated rings. The topological polar surface area (TPSA) is 12.0 Å². The van der Waals surface area contributed by atoms with Crippen LogP contribution in [-0.4, -0.2) is 6.54 Å². The van der Waals surface area contributed by atoms with E-state index in [-0.39, 0.29) is 0 Å². The van der Waals surface area contributed by atoms with Gasteiger partial charge in [0.25, 0.3) is 0 Å². The van der Waals surface area contributed by atoms with Gasteiger partial charge in [-0.3, -0.25) is 0 Å². The van der Waals surface area contributed by atoms with Gasteiger partial charge >= 0.3 is 0 Å². The SMILES string of the molecule is CCNc1[c]ccc(Br)c1. The Kier molecular flexibility index (Phi) is 2.75. The number of hydrogen-bond donors (Lipinski definition) is 1. The van der Waals surface area contributed by atoms with E-state index in [1.807, 2.05) is 18.2 Å². The molecule has 0 aliphatic carbocycles. The molecule has 2 heteroatoms. The summed E-state index contributed by atoms with van der Waals surface area (Å²) in [5, 5.41) is 3.16. The lowest BCUT2D eigenvalue weighted by molar-refractivity contribution is 1.21. The van der Waals surface area contributed by atoms with E-state index >= 15 is 0 Å². The maximum atomic E-state index is 3.37. The van der Waals surface area contributed by atoms with Crippen LogP contribution in [0.15, 0.2) is 22.7 Å². The number of rotatable bonds is 2. The van der Waals surface area contributed by atoms with E-state index in [1.165, 1.54) is 0 Å². The van der Waals surface area contributed by atoms with Gasteiger partial charge in [-0.2, -0.15) is 0 Å². The third kappa shape index (κ3) is 2.03. The molecule has 1 aromatic carbocycles. The number of anilines is 1. The molecule has 0 aliphatic rings. The van der Waals surface area contributed by atoms with Crippen LogP contribution < -0.4 is 5.32 Å². The third-order valence-electron chi connectivity index (χ3n) is 1.13. The zero-order valence-electron chi connectivity index (χ0n) is 5.82. The van der Waals surface area contributed by atoms with E-state index in [1.54, 1.807) is 0 Å². The summed E-state index contributed by atoms with van der Waals surface area (Å²) in [6.07, 6.45) is 0. The molecule has 0 aliphatic heterocycles. The molecule has 1 aromatic rings. The highest BCUT2D eigenvalue weighted by atomic mass is 79.9. The zero-order chi connectivity index (χ0) is 7.40. The van der Waals surface area contributed by atoms with E-state index in [0.29, 0.717) is 0 Å². The van der Waals surface area contributed by atoms with Gasteiger partial charge in [0.1, 0.15) is 0 Å². The van der Waals surface area contributed by atoms with E-state index in [2.05, 4.69) is 34.2 Å². The Labute approximate surface area is 69.6 Å². The van der Waals surface area contributed by atoms with Crippen LogP contribution in [0.3, 0.4) is 0 Å². The number of benzene rings is 1. The largest absolute Gasteiger partial charge is 0.385 e. The Morgan fingerprint density at radius 3 is 3.10 bits per heavy atom. The van der Waals surface area contributed by atoms with Crippen LogP contribution in [-0.2, 0) is 0 Å². The Balaban J connectivity index is 2.75. The van der Waals surface area contributed by atoms with Crippen LogP contribution in [0.1, 0.15) is 6.92 Å². The van der Waals surface area contributed by atoms with Crippen molar-refractivity contribution in [2.75, 3.05) is 11.9 Å². The van der Waals surface area contributed by atoms with Crippen molar-refractivity contribution < 1.29 is 0 Å². The predicted molar refractivity (Wildman–Crippen MR) is 47.1 cm³/mol. The molecular formula is C8H9BrN. The first kappa shape index (κ1) is 7.61. The first-order chi connectivity index (χ1) is 4.83. The van der Waals surface area contributed by atoms with E-state index in [4.69, 9.17) is 0 Å². The molecule has 0 bridgehead atoms. The second-order valence-electron chi connectivity index (χ2n) is 1.95. The third-order valence-corrected chi connectivity index (χ3v) is 1.62. The smallest absolute Gasteiger partial charge is 0.0431 e. The standard InChI is InChI=1S/C8H9BrN/c1-2-10-8-5-3-4-7(9)6-8/h3-4,6,10H,2H2,1H3. The van der Waals surface area contributed by atoms with Crippen molar-refractivity contribution in [3.05, 3.63) is 28.7 Å². The number of halogens is 1. The Hall–Kier alpha value is -0.500. The van der Waals surface area contributed by atoms with Crippen molar-refractivity contribution in [3.8, 4) is 0 Å². The van der Waals surface area contributed by atoms with Crippen LogP contribution in [0.5, 0.6) is 0 Å². The van der Waals surface area contributed by atoms with Gasteiger partial charge in [0, 0.05) is 22.8 Å². The highest BCUT2D eigenvalue weighted by Crippen LogP contribution is 2.14.